The van der Waals surface area contributed by atoms with Crippen molar-refractivity contribution in [3.63, 3.8) is 0 Å². The van der Waals surface area contributed by atoms with Crippen LogP contribution in [0.1, 0.15) is 29.8 Å². The van der Waals surface area contributed by atoms with E-state index in [0.29, 0.717) is 11.8 Å². The monoisotopic (exact) mass is 452 g/mol. The molecule has 1 aromatic carbocycles. The number of cyclic esters (lactones) is 1. The second kappa shape index (κ2) is 9.78. The summed E-state index contributed by atoms with van der Waals surface area (Å²) in [4.78, 5) is 55.4. The van der Waals surface area contributed by atoms with Crippen molar-refractivity contribution in [3.8, 4) is 0 Å². The first-order valence-electron chi connectivity index (χ1n) is 10.7. The first kappa shape index (κ1) is 22.4. The lowest BCUT2D eigenvalue weighted by Crippen LogP contribution is -2.53. The third-order valence-corrected chi connectivity index (χ3v) is 5.57. The van der Waals surface area contributed by atoms with Gasteiger partial charge in [-0.25, -0.2) is 0 Å². The lowest BCUT2D eigenvalue weighted by molar-refractivity contribution is -0.155. The number of nitrogens with zero attached hydrogens (tertiary/aromatic N) is 2. The highest BCUT2D eigenvalue weighted by Gasteiger charge is 2.35. The number of fused-ring (bicyclic) bond motifs is 1. The minimum absolute atomic E-state index is 0.139. The topological polar surface area (TPSA) is 138 Å². The smallest absolute Gasteiger partial charge is 0.310 e. The van der Waals surface area contributed by atoms with E-state index in [4.69, 9.17) is 0 Å². The molecular weight excluding hydrogens is 428 g/mol. The fourth-order valence-corrected chi connectivity index (χ4v) is 3.91. The summed E-state index contributed by atoms with van der Waals surface area (Å²) in [6, 6.07) is 7.41. The number of aliphatic hydroxyl groups is 1. The molecule has 2 aromatic rings. The van der Waals surface area contributed by atoms with Gasteiger partial charge in [-0.3, -0.25) is 24.2 Å². The van der Waals surface area contributed by atoms with Crippen molar-refractivity contribution < 1.29 is 29.0 Å². The van der Waals surface area contributed by atoms with Crippen LogP contribution in [0.15, 0.2) is 48.7 Å². The maximum absolute atomic E-state index is 13.2. The van der Waals surface area contributed by atoms with E-state index in [1.165, 1.54) is 4.90 Å². The van der Waals surface area contributed by atoms with Gasteiger partial charge in [0.05, 0.1) is 13.0 Å². The molecule has 1 unspecified atom stereocenters. The van der Waals surface area contributed by atoms with Crippen LogP contribution < -0.4 is 10.6 Å². The van der Waals surface area contributed by atoms with Crippen LogP contribution in [0.2, 0.25) is 0 Å². The molecule has 0 aliphatic carbocycles. The summed E-state index contributed by atoms with van der Waals surface area (Å²) in [6.07, 6.45) is 4.54. The van der Waals surface area contributed by atoms with Gasteiger partial charge in [0.1, 0.15) is 17.8 Å². The van der Waals surface area contributed by atoms with Crippen molar-refractivity contribution in [1.29, 1.82) is 0 Å². The van der Waals surface area contributed by atoms with Crippen molar-refractivity contribution in [2.75, 3.05) is 13.1 Å². The van der Waals surface area contributed by atoms with Gasteiger partial charge in [0.25, 0.3) is 5.91 Å². The SMILES string of the molecule is O=C(CN1CC/C=C\C[C@H](NC(=O)c2nccc3ccccc23)C1=O)N[C@H]1CC(=O)OC1O. The molecule has 0 radical (unpaired) electrons. The zero-order chi connectivity index (χ0) is 23.4. The summed E-state index contributed by atoms with van der Waals surface area (Å²) >= 11 is 0. The molecule has 33 heavy (non-hydrogen) atoms. The molecule has 3 amide bonds. The highest BCUT2D eigenvalue weighted by atomic mass is 16.6. The van der Waals surface area contributed by atoms with Gasteiger partial charge in [0, 0.05) is 18.1 Å². The maximum atomic E-state index is 13.2. The molecular formula is C23H24N4O6. The van der Waals surface area contributed by atoms with Gasteiger partial charge in [0.15, 0.2) is 0 Å². The molecule has 1 aromatic heterocycles. The first-order chi connectivity index (χ1) is 15.9. The van der Waals surface area contributed by atoms with Gasteiger partial charge in [-0.05, 0) is 24.3 Å². The number of benzene rings is 1. The van der Waals surface area contributed by atoms with Gasteiger partial charge < -0.3 is 25.4 Å². The van der Waals surface area contributed by atoms with E-state index in [-0.39, 0.29) is 31.6 Å². The summed E-state index contributed by atoms with van der Waals surface area (Å²) < 4.78 is 4.61. The fourth-order valence-electron chi connectivity index (χ4n) is 3.91. The van der Waals surface area contributed by atoms with Crippen molar-refractivity contribution in [3.05, 3.63) is 54.4 Å². The summed E-state index contributed by atoms with van der Waals surface area (Å²) in [6.45, 7) is 0.00721. The molecule has 0 bridgehead atoms. The van der Waals surface area contributed by atoms with Crippen molar-refractivity contribution in [1.82, 2.24) is 20.5 Å². The quantitative estimate of drug-likeness (QED) is 0.437. The maximum Gasteiger partial charge on any atom is 0.310 e. The predicted octanol–water partition coefficient (Wildman–Crippen LogP) is 0.262. The molecule has 10 nitrogen and oxygen atoms in total. The lowest BCUT2D eigenvalue weighted by atomic mass is 10.1. The van der Waals surface area contributed by atoms with E-state index in [0.717, 1.165) is 5.39 Å². The minimum Gasteiger partial charge on any atom is -0.434 e. The number of hydrogen-bond donors (Lipinski definition) is 3. The Labute approximate surface area is 189 Å². The zero-order valence-corrected chi connectivity index (χ0v) is 17.8. The predicted molar refractivity (Wildman–Crippen MR) is 117 cm³/mol. The molecule has 10 heteroatoms. The van der Waals surface area contributed by atoms with Gasteiger partial charge in [-0.2, -0.15) is 0 Å². The highest BCUT2D eigenvalue weighted by molar-refractivity contribution is 6.06. The van der Waals surface area contributed by atoms with E-state index >= 15 is 0 Å². The minimum atomic E-state index is -1.41. The van der Waals surface area contributed by atoms with Crippen molar-refractivity contribution >= 4 is 34.5 Å². The number of aromatic nitrogens is 1. The molecule has 1 saturated heterocycles. The number of nitrogens with one attached hydrogen (secondary N) is 2. The Morgan fingerprint density at radius 2 is 1.97 bits per heavy atom. The summed E-state index contributed by atoms with van der Waals surface area (Å²) in [5.41, 5.74) is 0.219. The number of rotatable bonds is 5. The number of hydrogen-bond acceptors (Lipinski definition) is 7. The molecule has 3 N–H and O–H groups in total. The molecule has 0 spiro atoms. The first-order valence-corrected chi connectivity index (χ1v) is 10.7. The van der Waals surface area contributed by atoms with Crippen molar-refractivity contribution in [2.24, 2.45) is 0 Å². The number of pyridine rings is 1. The molecule has 172 valence electrons. The van der Waals surface area contributed by atoms with Crippen molar-refractivity contribution in [2.45, 2.75) is 37.6 Å². The second-order valence-corrected chi connectivity index (χ2v) is 7.92. The molecule has 0 saturated carbocycles. The molecule has 3 atom stereocenters. The van der Waals surface area contributed by atoms with Crippen LogP contribution in [0.5, 0.6) is 0 Å². The number of ether oxygens (including phenoxy) is 1. The summed E-state index contributed by atoms with van der Waals surface area (Å²) in [5, 5.41) is 16.5. The summed E-state index contributed by atoms with van der Waals surface area (Å²) in [5.74, 6) is -2.02. The van der Waals surface area contributed by atoms with Gasteiger partial charge >= 0.3 is 5.97 Å². The Hall–Kier alpha value is -3.79. The molecule has 1 fully saturated rings. The second-order valence-electron chi connectivity index (χ2n) is 7.92. The summed E-state index contributed by atoms with van der Waals surface area (Å²) in [7, 11) is 0. The third-order valence-electron chi connectivity index (χ3n) is 5.57. The fraction of sp³-hybridized carbons (Fsp3) is 0.348. The number of carbonyl (C=O) groups is 4. The number of amides is 3. The van der Waals surface area contributed by atoms with E-state index < -0.39 is 42.1 Å². The van der Waals surface area contributed by atoms with Crippen LogP contribution in [-0.4, -0.2) is 70.1 Å². The van der Waals surface area contributed by atoms with Crippen LogP contribution in [0.25, 0.3) is 10.8 Å². The highest BCUT2D eigenvalue weighted by Crippen LogP contribution is 2.17. The van der Waals surface area contributed by atoms with Crippen LogP contribution in [-0.2, 0) is 19.1 Å². The molecule has 3 heterocycles. The molecule has 2 aliphatic heterocycles. The Morgan fingerprint density at radius 1 is 1.15 bits per heavy atom. The average molecular weight is 452 g/mol. The zero-order valence-electron chi connectivity index (χ0n) is 17.8. The van der Waals surface area contributed by atoms with Crippen LogP contribution >= 0.6 is 0 Å². The lowest BCUT2D eigenvalue weighted by Gasteiger charge is -2.28. The molecule has 4 rings (SSSR count). The van der Waals surface area contributed by atoms with E-state index in [1.807, 2.05) is 30.4 Å². The largest absolute Gasteiger partial charge is 0.434 e. The standard InChI is InChI=1S/C23H24N4O6/c28-18(25-17-12-19(29)33-23(17)32)13-27-11-5-1-2-8-16(22(27)31)26-21(30)20-15-7-4-3-6-14(15)9-10-24-20/h1-4,6-7,9-10,16-17,23,32H,5,8,11-13H2,(H,25,28)(H,26,30)/b2-1-/t16-,17-,23?/m0/s1. The Balaban J connectivity index is 1.45. The van der Waals surface area contributed by atoms with Crippen LogP contribution in [0.3, 0.4) is 0 Å². The number of esters is 1. The van der Waals surface area contributed by atoms with E-state index in [1.54, 1.807) is 18.3 Å². The third kappa shape index (κ3) is 5.17. The number of aliphatic hydroxyl groups excluding tert-OH is 1. The molecule has 2 aliphatic rings. The van der Waals surface area contributed by atoms with E-state index in [9.17, 15) is 24.3 Å². The average Bonchev–Trinajstić information content (AvgIpc) is 3.11. The van der Waals surface area contributed by atoms with Crippen LogP contribution in [0, 0.1) is 0 Å². The van der Waals surface area contributed by atoms with Gasteiger partial charge in [-0.1, -0.05) is 36.4 Å². The Kier molecular flexibility index (Phi) is 6.64. The number of carbonyl (C=O) groups excluding carboxylic acids is 4. The van der Waals surface area contributed by atoms with E-state index in [2.05, 4.69) is 20.4 Å². The van der Waals surface area contributed by atoms with Crippen LogP contribution in [0.4, 0.5) is 0 Å². The van der Waals surface area contributed by atoms with Gasteiger partial charge in [0.2, 0.25) is 18.1 Å². The Bertz CT molecular complexity index is 1110. The Morgan fingerprint density at radius 3 is 2.76 bits per heavy atom. The normalized spacial score (nSPS) is 24.0. The van der Waals surface area contributed by atoms with Gasteiger partial charge in [-0.15, -0.1) is 0 Å².